The summed E-state index contributed by atoms with van der Waals surface area (Å²) in [6.07, 6.45) is -4.87. The summed E-state index contributed by atoms with van der Waals surface area (Å²) in [4.78, 5) is 2.25. The van der Waals surface area contributed by atoms with Gasteiger partial charge in [0.2, 0.25) is 0 Å². The molecule has 0 spiro atoms. The van der Waals surface area contributed by atoms with Crippen molar-refractivity contribution in [3.05, 3.63) is 34.5 Å². The second-order valence-electron chi connectivity index (χ2n) is 2.35. The first kappa shape index (κ1) is 11.1. The second-order valence-corrected chi connectivity index (χ2v) is 2.35. The molecule has 0 saturated heterocycles. The highest BCUT2D eigenvalue weighted by Crippen LogP contribution is 2.28. The van der Waals surface area contributed by atoms with Crippen LogP contribution in [0.25, 0.3) is 10.4 Å². The smallest absolute Gasteiger partial charge is 0.406 e. The van der Waals surface area contributed by atoms with Gasteiger partial charge in [0.15, 0.2) is 0 Å². The van der Waals surface area contributed by atoms with Gasteiger partial charge in [-0.05, 0) is 23.7 Å². The summed E-state index contributed by atoms with van der Waals surface area (Å²) in [6, 6.07) is 2.15. The number of hydrogen-bond donors (Lipinski definition) is 0. The number of azide groups is 1. The van der Waals surface area contributed by atoms with Crippen molar-refractivity contribution >= 4 is 5.69 Å². The topological polar surface area (TPSA) is 58.0 Å². The van der Waals surface area contributed by atoms with Crippen LogP contribution in [0.2, 0.25) is 0 Å². The molecule has 15 heavy (non-hydrogen) atoms. The predicted molar refractivity (Wildman–Crippen MR) is 41.9 cm³/mol. The summed E-state index contributed by atoms with van der Waals surface area (Å²) in [5.41, 5.74) is 7.44. The molecule has 0 amide bonds. The lowest BCUT2D eigenvalue weighted by Crippen LogP contribution is -2.17. The van der Waals surface area contributed by atoms with E-state index in [1.165, 1.54) is 0 Å². The summed E-state index contributed by atoms with van der Waals surface area (Å²) >= 11 is 0. The maximum absolute atomic E-state index is 12.8. The molecular formula is C7H3F4N3O. The Morgan fingerprint density at radius 1 is 1.33 bits per heavy atom. The molecule has 1 rings (SSSR count). The third kappa shape index (κ3) is 3.35. The fraction of sp³-hybridized carbons (Fsp3) is 0.143. The molecule has 0 fully saturated rings. The van der Waals surface area contributed by atoms with E-state index in [0.29, 0.717) is 12.1 Å². The van der Waals surface area contributed by atoms with Gasteiger partial charge in [0.1, 0.15) is 11.6 Å². The zero-order valence-electron chi connectivity index (χ0n) is 6.99. The molecule has 0 aromatic heterocycles. The molecule has 0 N–H and O–H groups in total. The number of benzene rings is 1. The van der Waals surface area contributed by atoms with Crippen molar-refractivity contribution in [2.75, 3.05) is 0 Å². The third-order valence-electron chi connectivity index (χ3n) is 1.30. The van der Waals surface area contributed by atoms with Crippen LogP contribution in [0.15, 0.2) is 23.3 Å². The highest BCUT2D eigenvalue weighted by Gasteiger charge is 2.31. The molecule has 0 aliphatic rings. The van der Waals surface area contributed by atoms with Gasteiger partial charge in [0.05, 0.1) is 5.69 Å². The molecular weight excluding hydrogens is 218 g/mol. The van der Waals surface area contributed by atoms with Crippen LogP contribution in [0.1, 0.15) is 0 Å². The number of hydrogen-bond acceptors (Lipinski definition) is 2. The van der Waals surface area contributed by atoms with E-state index in [2.05, 4.69) is 14.8 Å². The number of nitrogens with zero attached hydrogens (tertiary/aromatic N) is 3. The van der Waals surface area contributed by atoms with Gasteiger partial charge in [-0.25, -0.2) is 4.39 Å². The Bertz CT molecular complexity index is 411. The van der Waals surface area contributed by atoms with E-state index in [1.54, 1.807) is 0 Å². The van der Waals surface area contributed by atoms with Crippen LogP contribution in [-0.2, 0) is 0 Å². The first-order valence-electron chi connectivity index (χ1n) is 3.53. The number of halogens is 4. The summed E-state index contributed by atoms with van der Waals surface area (Å²) in [7, 11) is 0. The molecule has 0 atom stereocenters. The first-order valence-corrected chi connectivity index (χ1v) is 3.53. The summed E-state index contributed by atoms with van der Waals surface area (Å²) in [5.74, 6) is -1.58. The summed E-state index contributed by atoms with van der Waals surface area (Å²) in [5, 5.41) is 2.86. The molecule has 0 heterocycles. The molecule has 0 aliphatic heterocycles. The molecule has 1 aromatic carbocycles. The van der Waals surface area contributed by atoms with Crippen LogP contribution in [0, 0.1) is 5.82 Å². The fourth-order valence-electron chi connectivity index (χ4n) is 0.814. The Hall–Kier alpha value is -1.95. The summed E-state index contributed by atoms with van der Waals surface area (Å²) < 4.78 is 51.5. The molecule has 8 heteroatoms. The monoisotopic (exact) mass is 221 g/mol. The van der Waals surface area contributed by atoms with E-state index in [9.17, 15) is 17.6 Å². The number of ether oxygens (including phenoxy) is 1. The zero-order chi connectivity index (χ0) is 11.5. The van der Waals surface area contributed by atoms with Gasteiger partial charge in [-0.2, -0.15) is 0 Å². The van der Waals surface area contributed by atoms with Crippen LogP contribution in [0.4, 0.5) is 23.2 Å². The lowest BCUT2D eigenvalue weighted by Gasteiger charge is -2.08. The van der Waals surface area contributed by atoms with Gasteiger partial charge in [0, 0.05) is 4.91 Å². The minimum absolute atomic E-state index is 0.556. The normalized spacial score (nSPS) is 10.7. The van der Waals surface area contributed by atoms with Gasteiger partial charge >= 0.3 is 6.36 Å². The minimum Gasteiger partial charge on any atom is -0.406 e. The van der Waals surface area contributed by atoms with E-state index in [-0.39, 0.29) is 0 Å². The number of alkyl halides is 3. The van der Waals surface area contributed by atoms with Crippen molar-refractivity contribution < 1.29 is 22.3 Å². The fourth-order valence-corrected chi connectivity index (χ4v) is 0.814. The average molecular weight is 221 g/mol. The van der Waals surface area contributed by atoms with Crippen molar-refractivity contribution in [2.45, 2.75) is 6.36 Å². The third-order valence-corrected chi connectivity index (χ3v) is 1.30. The number of rotatable bonds is 2. The van der Waals surface area contributed by atoms with Gasteiger partial charge in [-0.3, -0.25) is 0 Å². The Morgan fingerprint density at radius 2 is 2.00 bits per heavy atom. The molecule has 0 aliphatic carbocycles. The van der Waals surface area contributed by atoms with Crippen molar-refractivity contribution in [2.24, 2.45) is 5.11 Å². The zero-order valence-corrected chi connectivity index (χ0v) is 6.99. The van der Waals surface area contributed by atoms with Crippen molar-refractivity contribution in [1.82, 2.24) is 0 Å². The predicted octanol–water partition coefficient (Wildman–Crippen LogP) is 3.67. The highest BCUT2D eigenvalue weighted by atomic mass is 19.4. The van der Waals surface area contributed by atoms with Gasteiger partial charge in [-0.15, -0.1) is 13.2 Å². The van der Waals surface area contributed by atoms with Crippen LogP contribution in [-0.4, -0.2) is 6.36 Å². The Morgan fingerprint density at radius 3 is 2.53 bits per heavy atom. The van der Waals surface area contributed by atoms with E-state index >= 15 is 0 Å². The second kappa shape index (κ2) is 4.05. The standard InChI is InChI=1S/C7H3F4N3O/c8-5-2-1-4(15-7(9,10)11)3-6(5)13-14-12/h1-3H. The van der Waals surface area contributed by atoms with E-state index < -0.39 is 23.6 Å². The lowest BCUT2D eigenvalue weighted by atomic mass is 10.3. The SMILES string of the molecule is [N-]=[N+]=Nc1cc(OC(F)(F)F)ccc1F. The van der Waals surface area contributed by atoms with Gasteiger partial charge in [-0.1, -0.05) is 5.11 Å². The highest BCUT2D eigenvalue weighted by molar-refractivity contribution is 5.44. The van der Waals surface area contributed by atoms with E-state index in [1.807, 2.05) is 0 Å². The summed E-state index contributed by atoms with van der Waals surface area (Å²) in [6.45, 7) is 0. The van der Waals surface area contributed by atoms with Crippen molar-refractivity contribution in [3.8, 4) is 5.75 Å². The average Bonchev–Trinajstić information content (AvgIpc) is 2.09. The molecule has 0 unspecified atom stereocenters. The molecule has 1 aromatic rings. The van der Waals surface area contributed by atoms with Crippen LogP contribution < -0.4 is 4.74 Å². The van der Waals surface area contributed by atoms with Crippen molar-refractivity contribution in [1.29, 1.82) is 0 Å². The largest absolute Gasteiger partial charge is 0.573 e. The Labute approximate surface area is 80.7 Å². The van der Waals surface area contributed by atoms with E-state index in [0.717, 1.165) is 6.07 Å². The maximum atomic E-state index is 12.8. The quantitative estimate of drug-likeness (QED) is 0.325. The van der Waals surface area contributed by atoms with Crippen LogP contribution in [0.3, 0.4) is 0 Å². The van der Waals surface area contributed by atoms with Gasteiger partial charge < -0.3 is 4.74 Å². The first-order chi connectivity index (χ1) is 6.92. The molecule has 80 valence electrons. The van der Waals surface area contributed by atoms with Crippen LogP contribution in [0.5, 0.6) is 5.75 Å². The van der Waals surface area contributed by atoms with Crippen LogP contribution >= 0.6 is 0 Å². The maximum Gasteiger partial charge on any atom is 0.573 e. The van der Waals surface area contributed by atoms with Gasteiger partial charge in [0.25, 0.3) is 0 Å². The molecule has 0 saturated carbocycles. The molecule has 0 bridgehead atoms. The lowest BCUT2D eigenvalue weighted by molar-refractivity contribution is -0.274. The Kier molecular flexibility index (Phi) is 3.01. The Balaban J connectivity index is 3.02. The molecule has 4 nitrogen and oxygen atoms in total. The van der Waals surface area contributed by atoms with E-state index in [4.69, 9.17) is 5.53 Å². The minimum atomic E-state index is -4.87. The molecule has 0 radical (unpaired) electrons. The van der Waals surface area contributed by atoms with Crippen molar-refractivity contribution in [3.63, 3.8) is 0 Å².